The predicted molar refractivity (Wildman–Crippen MR) is 145 cm³/mol. The van der Waals surface area contributed by atoms with Gasteiger partial charge in [0.1, 0.15) is 17.1 Å². The van der Waals surface area contributed by atoms with Gasteiger partial charge in [-0.15, -0.1) is 0 Å². The molecule has 1 fully saturated rings. The zero-order valence-electron chi connectivity index (χ0n) is 20.8. The predicted octanol–water partition coefficient (Wildman–Crippen LogP) is 4.74. The molecule has 7 nitrogen and oxygen atoms in total. The van der Waals surface area contributed by atoms with Crippen LogP contribution >= 0.6 is 12.2 Å². The van der Waals surface area contributed by atoms with Gasteiger partial charge in [-0.2, -0.15) is 0 Å². The average molecular weight is 490 g/mol. The summed E-state index contributed by atoms with van der Waals surface area (Å²) < 4.78 is 9.69. The number of benzene rings is 2. The number of thiocarbonyl (C=S) groups is 1. The molecule has 1 saturated heterocycles. The molecule has 0 bridgehead atoms. The van der Waals surface area contributed by atoms with Crippen LogP contribution in [0.5, 0.6) is 0 Å². The van der Waals surface area contributed by atoms with Gasteiger partial charge < -0.3 is 10.1 Å². The van der Waals surface area contributed by atoms with Crippen LogP contribution in [0, 0.1) is 13.8 Å². The summed E-state index contributed by atoms with van der Waals surface area (Å²) in [5, 5.41) is 3.97. The number of amidine groups is 1. The van der Waals surface area contributed by atoms with Crippen LogP contribution in [0.2, 0.25) is 0 Å². The number of nitrogens with one attached hydrogen (secondary N) is 1. The Morgan fingerprint density at radius 2 is 1.74 bits per heavy atom. The van der Waals surface area contributed by atoms with Crippen molar-refractivity contribution in [2.24, 2.45) is 12.0 Å². The Labute approximate surface area is 211 Å². The summed E-state index contributed by atoms with van der Waals surface area (Å²) in [4.78, 5) is 20.8. The molecule has 5 rings (SSSR count). The summed E-state index contributed by atoms with van der Waals surface area (Å²) in [6, 6.07) is 17.8. The van der Waals surface area contributed by atoms with Crippen molar-refractivity contribution in [1.29, 1.82) is 0 Å². The van der Waals surface area contributed by atoms with Crippen LogP contribution in [-0.2, 0) is 11.8 Å². The van der Waals surface area contributed by atoms with E-state index in [0.717, 1.165) is 28.5 Å². The number of aryl methyl sites for hydroxylation is 1. The number of rotatable bonds is 3. The van der Waals surface area contributed by atoms with Gasteiger partial charge in [-0.3, -0.25) is 14.4 Å². The van der Waals surface area contributed by atoms with Crippen molar-refractivity contribution >= 4 is 34.5 Å². The molecule has 0 amide bonds. The maximum atomic E-state index is 14.0. The smallest absolute Gasteiger partial charge is 0.295 e. The van der Waals surface area contributed by atoms with Crippen LogP contribution in [0.3, 0.4) is 0 Å². The third kappa shape index (κ3) is 3.81. The minimum Gasteiger partial charge on any atom is -0.375 e. The molecule has 3 aromatic rings. The van der Waals surface area contributed by atoms with E-state index in [2.05, 4.69) is 32.2 Å². The Balaban J connectivity index is 1.68. The van der Waals surface area contributed by atoms with E-state index in [1.54, 1.807) is 4.68 Å². The van der Waals surface area contributed by atoms with E-state index in [0.29, 0.717) is 30.2 Å². The first kappa shape index (κ1) is 23.5. The van der Waals surface area contributed by atoms with Gasteiger partial charge in [-0.25, -0.2) is 9.67 Å². The molecule has 0 unspecified atom stereocenters. The first-order valence-electron chi connectivity index (χ1n) is 11.9. The SMILES string of the molecule is Cc1ccccc1NC1=NC(=S)N(c2c(C)n(C)n(-c3ccccc3)c2=O)[C@@]12CCOC(C)(C)C2. The normalized spacial score (nSPS) is 21.5. The van der Waals surface area contributed by atoms with E-state index < -0.39 is 11.1 Å². The standard InChI is InChI=1S/C27H31N5O2S/c1-18-11-9-10-14-21(18)28-24-27(15-16-34-26(3,4)17-27)31(25(35)29-24)22-19(2)30(5)32(23(22)33)20-12-7-6-8-13-20/h6-14H,15-17H2,1-5H3,(H,28,29,35)/t27-/m1/s1. The van der Waals surface area contributed by atoms with Gasteiger partial charge in [0.2, 0.25) is 5.11 Å². The first-order valence-corrected chi connectivity index (χ1v) is 12.3. The van der Waals surface area contributed by atoms with Crippen molar-refractivity contribution in [1.82, 2.24) is 9.36 Å². The maximum absolute atomic E-state index is 14.0. The lowest BCUT2D eigenvalue weighted by atomic mass is 9.79. The van der Waals surface area contributed by atoms with E-state index in [1.165, 1.54) is 0 Å². The summed E-state index contributed by atoms with van der Waals surface area (Å²) in [6.07, 6.45) is 1.30. The van der Waals surface area contributed by atoms with E-state index >= 15 is 0 Å². The van der Waals surface area contributed by atoms with E-state index in [-0.39, 0.29) is 5.56 Å². The lowest BCUT2D eigenvalue weighted by Gasteiger charge is -2.47. The molecule has 1 spiro atoms. The minimum atomic E-state index is -0.624. The number of hydrogen-bond donors (Lipinski definition) is 1. The molecule has 2 aromatic carbocycles. The number of aromatic nitrogens is 2. The lowest BCUT2D eigenvalue weighted by Crippen LogP contribution is -2.61. The number of hydrogen-bond acceptors (Lipinski definition) is 4. The zero-order chi connectivity index (χ0) is 25.0. The van der Waals surface area contributed by atoms with Crippen molar-refractivity contribution in [3.05, 3.63) is 76.2 Å². The number of nitrogens with zero attached hydrogens (tertiary/aromatic N) is 4. The fourth-order valence-electron chi connectivity index (χ4n) is 5.38. The van der Waals surface area contributed by atoms with Crippen LogP contribution in [0.25, 0.3) is 5.69 Å². The summed E-state index contributed by atoms with van der Waals surface area (Å²) >= 11 is 5.87. The number of aliphatic imine (C=N–C) groups is 1. The molecule has 35 heavy (non-hydrogen) atoms. The highest BCUT2D eigenvalue weighted by atomic mass is 32.1. The van der Waals surface area contributed by atoms with E-state index in [4.69, 9.17) is 21.9 Å². The Hall–Kier alpha value is -3.23. The molecule has 2 aliphatic rings. The summed E-state index contributed by atoms with van der Waals surface area (Å²) in [5.41, 5.74) is 3.14. The quantitative estimate of drug-likeness (QED) is 0.539. The van der Waals surface area contributed by atoms with Gasteiger partial charge in [-0.1, -0.05) is 36.4 Å². The second kappa shape index (κ2) is 8.46. The van der Waals surface area contributed by atoms with E-state index in [1.807, 2.05) is 72.1 Å². The van der Waals surface area contributed by atoms with Crippen molar-refractivity contribution in [2.75, 3.05) is 16.8 Å². The first-order chi connectivity index (χ1) is 16.6. The monoisotopic (exact) mass is 489 g/mol. The molecule has 2 aliphatic heterocycles. The largest absolute Gasteiger partial charge is 0.375 e. The molecular weight excluding hydrogens is 458 g/mol. The van der Waals surface area contributed by atoms with Crippen LogP contribution in [0.4, 0.5) is 11.4 Å². The highest BCUT2D eigenvalue weighted by Crippen LogP contribution is 2.44. The second-order valence-corrected chi connectivity index (χ2v) is 10.4. The molecule has 0 aliphatic carbocycles. The molecule has 3 heterocycles. The number of ether oxygens (including phenoxy) is 1. The zero-order valence-corrected chi connectivity index (χ0v) is 21.6. The minimum absolute atomic E-state index is 0.116. The van der Waals surface area contributed by atoms with Gasteiger partial charge >= 0.3 is 0 Å². The Bertz CT molecular complexity index is 1390. The fraction of sp³-hybridized carbons (Fsp3) is 0.370. The van der Waals surface area contributed by atoms with Gasteiger partial charge in [0.05, 0.1) is 17.0 Å². The summed E-state index contributed by atoms with van der Waals surface area (Å²) in [7, 11) is 1.90. The van der Waals surface area contributed by atoms with Crippen molar-refractivity contribution < 1.29 is 4.74 Å². The van der Waals surface area contributed by atoms with Crippen molar-refractivity contribution in [3.8, 4) is 5.69 Å². The highest BCUT2D eigenvalue weighted by Gasteiger charge is 2.55. The highest BCUT2D eigenvalue weighted by molar-refractivity contribution is 7.80. The average Bonchev–Trinajstić information content (AvgIpc) is 3.18. The molecule has 0 radical (unpaired) electrons. The summed E-state index contributed by atoms with van der Waals surface area (Å²) in [6.45, 7) is 8.73. The molecule has 0 saturated carbocycles. The topological polar surface area (TPSA) is 63.8 Å². The van der Waals surface area contributed by atoms with Gasteiger partial charge in [0.15, 0.2) is 0 Å². The molecular formula is C27H31N5O2S. The number of para-hydroxylation sites is 2. The second-order valence-electron chi connectivity index (χ2n) is 9.99. The van der Waals surface area contributed by atoms with Crippen LogP contribution < -0.4 is 15.8 Å². The van der Waals surface area contributed by atoms with E-state index in [9.17, 15) is 4.79 Å². The molecule has 8 heteroatoms. The summed E-state index contributed by atoms with van der Waals surface area (Å²) in [5.74, 6) is 0.766. The fourth-order valence-corrected chi connectivity index (χ4v) is 5.74. The maximum Gasteiger partial charge on any atom is 0.295 e. The van der Waals surface area contributed by atoms with Gasteiger partial charge in [-0.05, 0) is 63.7 Å². The van der Waals surface area contributed by atoms with Crippen LogP contribution in [0.1, 0.15) is 37.9 Å². The molecule has 182 valence electrons. The molecule has 1 atom stereocenters. The third-order valence-electron chi connectivity index (χ3n) is 7.14. The van der Waals surface area contributed by atoms with Crippen molar-refractivity contribution in [3.63, 3.8) is 0 Å². The third-order valence-corrected chi connectivity index (χ3v) is 7.41. The Morgan fingerprint density at radius 3 is 2.43 bits per heavy atom. The van der Waals surface area contributed by atoms with Crippen molar-refractivity contribution in [2.45, 2.75) is 51.7 Å². The van der Waals surface area contributed by atoms with Gasteiger partial charge in [0, 0.05) is 32.2 Å². The Morgan fingerprint density at radius 1 is 1.06 bits per heavy atom. The lowest BCUT2D eigenvalue weighted by molar-refractivity contribution is -0.0662. The Kier molecular flexibility index (Phi) is 5.68. The van der Waals surface area contributed by atoms with Gasteiger partial charge in [0.25, 0.3) is 5.56 Å². The van der Waals surface area contributed by atoms with Crippen LogP contribution in [-0.4, -0.2) is 38.1 Å². The van der Waals surface area contributed by atoms with Crippen LogP contribution in [0.15, 0.2) is 64.4 Å². The number of anilines is 2. The molecule has 1 aromatic heterocycles. The molecule has 1 N–H and O–H groups in total.